The van der Waals surface area contributed by atoms with E-state index in [2.05, 4.69) is 125 Å². The predicted molar refractivity (Wildman–Crippen MR) is 194 cm³/mol. The molecular weight excluding hydrogens is 713 g/mol. The molecule has 1 heterocycles. The zero-order chi connectivity index (χ0) is 31.2. The van der Waals surface area contributed by atoms with Crippen LogP contribution in [0.4, 0.5) is 0 Å². The van der Waals surface area contributed by atoms with Gasteiger partial charge in [0.1, 0.15) is 6.10 Å². The van der Waals surface area contributed by atoms with E-state index >= 15 is 0 Å². The third kappa shape index (κ3) is 18.0. The molecule has 1 aliphatic rings. The van der Waals surface area contributed by atoms with Gasteiger partial charge in [-0.2, -0.15) is 6.42 Å². The molecule has 0 amide bonds. The molecule has 0 bridgehead atoms. The van der Waals surface area contributed by atoms with E-state index in [-0.39, 0.29) is 46.2 Å². The first-order valence-corrected chi connectivity index (χ1v) is 17.4. The summed E-state index contributed by atoms with van der Waals surface area (Å²) in [4.78, 5) is 5.16. The number of benzene rings is 3. The van der Waals surface area contributed by atoms with Crippen molar-refractivity contribution in [3.05, 3.63) is 121 Å². The van der Waals surface area contributed by atoms with Gasteiger partial charge in [-0.3, -0.25) is 4.90 Å². The van der Waals surface area contributed by atoms with Crippen molar-refractivity contribution in [3.63, 3.8) is 0 Å². The van der Waals surface area contributed by atoms with Crippen molar-refractivity contribution in [2.24, 2.45) is 0 Å². The monoisotopic (exact) mass is 769 g/mol. The number of nitrogens with zero attached hydrogens (tertiary/aromatic N) is 2. The van der Waals surface area contributed by atoms with Gasteiger partial charge in [0.25, 0.3) is 0 Å². The van der Waals surface area contributed by atoms with Crippen molar-refractivity contribution in [1.82, 2.24) is 9.80 Å². The van der Waals surface area contributed by atoms with Crippen molar-refractivity contribution in [2.75, 3.05) is 77.6 Å². The number of ether oxygens (including phenoxy) is 3. The third-order valence-electron chi connectivity index (χ3n) is 7.83. The smallest absolute Gasteiger partial charge is 0.108 e. The van der Waals surface area contributed by atoms with E-state index in [1.54, 1.807) is 0 Å². The average molecular weight is 771 g/mol. The van der Waals surface area contributed by atoms with Crippen molar-refractivity contribution in [2.45, 2.75) is 45.6 Å². The molecule has 0 unspecified atom stereocenters. The number of hydrogen-bond acceptors (Lipinski definition) is 5. The van der Waals surface area contributed by atoms with Crippen LogP contribution in [0.2, 0.25) is 0 Å². The summed E-state index contributed by atoms with van der Waals surface area (Å²) in [5.41, 5.74) is 6.47. The Hall–Kier alpha value is -0.956. The summed E-state index contributed by atoms with van der Waals surface area (Å²) in [6.07, 6.45) is 4.39. The first-order valence-electron chi connectivity index (χ1n) is 16.3. The molecule has 5 nitrogen and oxygen atoms in total. The van der Waals surface area contributed by atoms with Gasteiger partial charge in [0, 0.05) is 77.4 Å². The Morgan fingerprint density at radius 2 is 1.20 bits per heavy atom. The third-order valence-corrected chi connectivity index (χ3v) is 8.16. The summed E-state index contributed by atoms with van der Waals surface area (Å²) in [6, 6.07) is 28.4. The topological polar surface area (TPSA) is 34.2 Å². The molecule has 4 rings (SSSR count). The molecule has 3 aromatic rings. The largest absolute Gasteiger partial charge is 0.379 e. The van der Waals surface area contributed by atoms with E-state index in [0.29, 0.717) is 13.2 Å². The van der Waals surface area contributed by atoms with Crippen LogP contribution in [0.15, 0.2) is 78.9 Å². The standard InChI is InChI=1S/C30H38N2O.C8H16BrO2.CH3.Y/c1-25-10-14-28(15-11-25)30(29-16-12-26(2)13-17-29)33-24-23-32-21-19-31(20-22-32)18-6-9-27-7-4-3-5-8-27;1-2-3-5-10-7-8-11-6-4-9;;/h3-5,7-8,10-17,30H,6,9,18-24H2,1-2H3;1-8H2;1H3;/q;2*-1;. The van der Waals surface area contributed by atoms with Gasteiger partial charge in [0.15, 0.2) is 0 Å². The van der Waals surface area contributed by atoms with Crippen molar-refractivity contribution in [3.8, 4) is 0 Å². The van der Waals surface area contributed by atoms with Gasteiger partial charge < -0.3 is 33.5 Å². The summed E-state index contributed by atoms with van der Waals surface area (Å²) in [5, 5.41) is 0.895. The number of piperazine rings is 1. The van der Waals surface area contributed by atoms with E-state index in [4.69, 9.17) is 14.2 Å². The molecule has 0 spiro atoms. The van der Waals surface area contributed by atoms with E-state index in [9.17, 15) is 0 Å². The molecule has 46 heavy (non-hydrogen) atoms. The van der Waals surface area contributed by atoms with E-state index < -0.39 is 0 Å². The van der Waals surface area contributed by atoms with Crippen molar-refractivity contribution < 1.29 is 46.9 Å². The molecule has 1 saturated heterocycles. The quantitative estimate of drug-likeness (QED) is 0.0742. The summed E-state index contributed by atoms with van der Waals surface area (Å²) < 4.78 is 16.9. The maximum atomic E-state index is 6.48. The summed E-state index contributed by atoms with van der Waals surface area (Å²) >= 11 is 3.27. The van der Waals surface area contributed by atoms with Crippen LogP contribution < -0.4 is 0 Å². The summed E-state index contributed by atoms with van der Waals surface area (Å²) in [5.74, 6) is 0. The van der Waals surface area contributed by atoms with Crippen LogP contribution in [0.5, 0.6) is 0 Å². The van der Waals surface area contributed by atoms with Gasteiger partial charge in [-0.15, -0.1) is 0 Å². The Kier molecular flexibility index (Phi) is 25.2. The predicted octanol–water partition coefficient (Wildman–Crippen LogP) is 8.14. The number of halogens is 1. The van der Waals surface area contributed by atoms with Crippen LogP contribution in [-0.4, -0.2) is 87.4 Å². The second-order valence-electron chi connectivity index (χ2n) is 11.5. The zero-order valence-corrected chi connectivity index (χ0v) is 33.1. The molecular formula is C39H57BrN2O3Y-2. The minimum absolute atomic E-state index is 0. The normalized spacial score (nSPS) is 13.4. The molecule has 1 aliphatic heterocycles. The Bertz CT molecular complexity index is 1060. The molecule has 0 atom stereocenters. The van der Waals surface area contributed by atoms with Crippen LogP contribution in [-0.2, 0) is 53.3 Å². The van der Waals surface area contributed by atoms with Gasteiger partial charge in [0.05, 0.1) is 26.4 Å². The maximum Gasteiger partial charge on any atom is 0.108 e. The van der Waals surface area contributed by atoms with Gasteiger partial charge in [-0.25, -0.2) is 0 Å². The molecule has 0 N–H and O–H groups in total. The molecule has 7 heteroatoms. The summed E-state index contributed by atoms with van der Waals surface area (Å²) in [6.45, 7) is 18.5. The first-order chi connectivity index (χ1) is 21.6. The minimum atomic E-state index is -0.00882. The Balaban J connectivity index is 0.000000703. The zero-order valence-electron chi connectivity index (χ0n) is 28.7. The van der Waals surface area contributed by atoms with Crippen LogP contribution >= 0.6 is 15.9 Å². The molecule has 253 valence electrons. The van der Waals surface area contributed by atoms with Gasteiger partial charge in [0.2, 0.25) is 0 Å². The van der Waals surface area contributed by atoms with E-state index in [1.807, 2.05) is 0 Å². The van der Waals surface area contributed by atoms with Gasteiger partial charge in [-0.1, -0.05) is 112 Å². The molecule has 3 aromatic carbocycles. The Morgan fingerprint density at radius 1 is 0.674 bits per heavy atom. The first kappa shape index (κ1) is 43.1. The van der Waals surface area contributed by atoms with Gasteiger partial charge >= 0.3 is 0 Å². The van der Waals surface area contributed by atoms with Gasteiger partial charge in [-0.05, 0) is 49.9 Å². The van der Waals surface area contributed by atoms with Crippen molar-refractivity contribution >= 4 is 15.9 Å². The number of hydrogen-bond donors (Lipinski definition) is 0. The Labute approximate surface area is 314 Å². The second-order valence-corrected chi connectivity index (χ2v) is 12.3. The van der Waals surface area contributed by atoms with Crippen LogP contribution in [0, 0.1) is 28.2 Å². The Morgan fingerprint density at radius 3 is 1.72 bits per heavy atom. The molecule has 1 radical (unpaired) electrons. The van der Waals surface area contributed by atoms with Crippen LogP contribution in [0.25, 0.3) is 0 Å². The fraction of sp³-hybridized carbons (Fsp3) is 0.487. The van der Waals surface area contributed by atoms with Crippen molar-refractivity contribution in [1.29, 1.82) is 0 Å². The SMILES string of the molecule is Cc1ccc(C(OCCN2CCN(CCCc3ccccc3)CC2)c2ccc(C)cc2)cc1.[CH2-]CCCOCCOCCBr.[CH3-].[Y]. The molecule has 0 aliphatic carbocycles. The molecule has 0 aromatic heterocycles. The van der Waals surface area contributed by atoms with E-state index in [0.717, 1.165) is 70.7 Å². The summed E-state index contributed by atoms with van der Waals surface area (Å²) in [7, 11) is 0. The number of alkyl halides is 1. The minimum Gasteiger partial charge on any atom is -0.379 e. The molecule has 1 fully saturated rings. The van der Waals surface area contributed by atoms with Crippen LogP contribution in [0.3, 0.4) is 0 Å². The van der Waals surface area contributed by atoms with Crippen LogP contribution in [0.1, 0.15) is 53.2 Å². The second kappa shape index (κ2) is 26.9. The van der Waals surface area contributed by atoms with E-state index in [1.165, 1.54) is 47.2 Å². The fourth-order valence-corrected chi connectivity index (χ4v) is 5.36. The fourth-order valence-electron chi connectivity index (χ4n) is 5.14. The number of rotatable bonds is 18. The molecule has 0 saturated carbocycles. The number of aryl methyl sites for hydroxylation is 3. The number of unbranched alkanes of at least 4 members (excludes halogenated alkanes) is 1. The maximum absolute atomic E-state index is 6.48. The average Bonchev–Trinajstić information content (AvgIpc) is 3.05.